The van der Waals surface area contributed by atoms with E-state index in [-0.39, 0.29) is 21.8 Å². The van der Waals surface area contributed by atoms with Crippen LogP contribution in [0.2, 0.25) is 5.02 Å². The Hall–Kier alpha value is -2.83. The number of hydrogen-bond donors (Lipinski definition) is 3. The van der Waals surface area contributed by atoms with Crippen LogP contribution in [0.4, 0.5) is 11.6 Å². The third-order valence-corrected chi connectivity index (χ3v) is 11.2. The normalized spacial score (nSPS) is 19.0. The summed E-state index contributed by atoms with van der Waals surface area (Å²) < 4.78 is 16.3. The largest absolute Gasteiger partial charge is 0.598 e. The Morgan fingerprint density at radius 3 is 2.68 bits per heavy atom. The van der Waals surface area contributed by atoms with Crippen LogP contribution in [0.5, 0.6) is 0 Å². The number of rotatable bonds is 5. The van der Waals surface area contributed by atoms with Crippen molar-refractivity contribution in [1.82, 2.24) is 24.7 Å². The molecule has 1 saturated heterocycles. The average Bonchev–Trinajstić information content (AvgIpc) is 3.23. The van der Waals surface area contributed by atoms with Gasteiger partial charge in [0.2, 0.25) is 0 Å². The van der Waals surface area contributed by atoms with Crippen molar-refractivity contribution >= 4 is 57.3 Å². The molecule has 1 aliphatic heterocycles. The van der Waals surface area contributed by atoms with Crippen molar-refractivity contribution in [3.05, 3.63) is 75.4 Å². The van der Waals surface area contributed by atoms with Gasteiger partial charge in [0.25, 0.3) is 5.56 Å². The van der Waals surface area contributed by atoms with Gasteiger partial charge in [0.05, 0.1) is 34.5 Å². The number of nitrogen functional groups attached to an aromatic ring is 1. The van der Waals surface area contributed by atoms with Crippen LogP contribution in [0, 0.1) is 5.41 Å². The molecule has 0 amide bonds. The van der Waals surface area contributed by atoms with Crippen LogP contribution in [0.15, 0.2) is 63.6 Å². The Bertz CT molecular complexity index is 1670. The summed E-state index contributed by atoms with van der Waals surface area (Å²) in [5.41, 5.74) is 9.17. The van der Waals surface area contributed by atoms with E-state index in [2.05, 4.69) is 53.8 Å². The van der Waals surface area contributed by atoms with Gasteiger partial charge in [0.15, 0.2) is 5.82 Å². The van der Waals surface area contributed by atoms with E-state index in [4.69, 9.17) is 17.3 Å². The van der Waals surface area contributed by atoms with Crippen molar-refractivity contribution in [3.8, 4) is 0 Å². The van der Waals surface area contributed by atoms with E-state index in [1.807, 2.05) is 20.8 Å². The summed E-state index contributed by atoms with van der Waals surface area (Å²) in [6.07, 6.45) is 5.91. The fraction of sp³-hybridized carbons (Fsp3) is 0.379. The Kier molecular flexibility index (Phi) is 7.44. The molecule has 2 aliphatic rings. The van der Waals surface area contributed by atoms with Crippen LogP contribution < -0.4 is 20.9 Å². The summed E-state index contributed by atoms with van der Waals surface area (Å²) in [6, 6.07) is 12.1. The van der Waals surface area contributed by atoms with E-state index in [0.29, 0.717) is 31.7 Å². The highest BCUT2D eigenvalue weighted by Gasteiger charge is 2.50. The van der Waals surface area contributed by atoms with E-state index < -0.39 is 11.4 Å². The van der Waals surface area contributed by atoms with Gasteiger partial charge in [-0.15, -0.1) is 4.72 Å². The van der Waals surface area contributed by atoms with Crippen LogP contribution in [0.25, 0.3) is 10.9 Å². The molecule has 6 rings (SSSR count). The molecule has 1 aliphatic carbocycles. The van der Waals surface area contributed by atoms with Gasteiger partial charge in [-0.05, 0) is 63.3 Å². The van der Waals surface area contributed by atoms with E-state index in [1.54, 1.807) is 18.3 Å². The molecule has 214 valence electrons. The SMILES string of the molecule is CC(C)(C)[S@@+]([O-])N[C@@H]1c2ccccc2CC12CCN(c1cnc(Sc3ccc4nc[nH]c(=O)c4c3Cl)c(N)n1)CC2. The molecule has 9 nitrogen and oxygen atoms in total. The van der Waals surface area contributed by atoms with E-state index >= 15 is 0 Å². The molecule has 0 radical (unpaired) electrons. The Morgan fingerprint density at radius 1 is 1.20 bits per heavy atom. The number of nitrogens with two attached hydrogens (primary N) is 1. The van der Waals surface area contributed by atoms with Crippen LogP contribution in [-0.4, -0.2) is 42.3 Å². The van der Waals surface area contributed by atoms with Crippen molar-refractivity contribution < 1.29 is 4.55 Å². The van der Waals surface area contributed by atoms with Crippen molar-refractivity contribution in [2.75, 3.05) is 23.7 Å². The van der Waals surface area contributed by atoms with Gasteiger partial charge >= 0.3 is 0 Å². The van der Waals surface area contributed by atoms with Crippen LogP contribution >= 0.6 is 23.4 Å². The summed E-state index contributed by atoms with van der Waals surface area (Å²) >= 11 is 6.65. The molecular formula is C29H32ClN7O2S2. The van der Waals surface area contributed by atoms with Crippen LogP contribution in [-0.2, 0) is 17.8 Å². The molecule has 4 N–H and O–H groups in total. The molecule has 4 aromatic rings. The number of benzene rings is 2. The van der Waals surface area contributed by atoms with Gasteiger partial charge in [0, 0.05) is 34.8 Å². The zero-order chi connectivity index (χ0) is 28.9. The second-order valence-electron chi connectivity index (χ2n) is 11.7. The Labute approximate surface area is 251 Å². The molecule has 0 unspecified atom stereocenters. The lowest BCUT2D eigenvalue weighted by Gasteiger charge is -2.44. The second kappa shape index (κ2) is 10.8. The summed E-state index contributed by atoms with van der Waals surface area (Å²) in [5.74, 6) is 1.03. The highest BCUT2D eigenvalue weighted by Crippen LogP contribution is 2.53. The lowest BCUT2D eigenvalue weighted by atomic mass is 9.73. The maximum absolute atomic E-state index is 13.2. The zero-order valence-corrected chi connectivity index (χ0v) is 25.5. The first-order chi connectivity index (χ1) is 19.6. The minimum atomic E-state index is -1.18. The predicted octanol–water partition coefficient (Wildman–Crippen LogP) is 5.04. The lowest BCUT2D eigenvalue weighted by Crippen LogP contribution is -2.49. The summed E-state index contributed by atoms with van der Waals surface area (Å²) in [5, 5.41) is 1.16. The average molecular weight is 610 g/mol. The molecule has 2 atom stereocenters. The van der Waals surface area contributed by atoms with Crippen molar-refractivity contribution in [3.63, 3.8) is 0 Å². The van der Waals surface area contributed by atoms with Gasteiger partial charge in [-0.3, -0.25) is 4.79 Å². The molecule has 3 heterocycles. The Morgan fingerprint density at radius 2 is 1.95 bits per heavy atom. The first-order valence-electron chi connectivity index (χ1n) is 13.5. The number of H-pyrrole nitrogens is 1. The molecule has 0 saturated carbocycles. The molecule has 1 spiro atoms. The highest BCUT2D eigenvalue weighted by molar-refractivity contribution is 7.99. The predicted molar refractivity (Wildman–Crippen MR) is 166 cm³/mol. The number of piperidine rings is 1. The number of aromatic amines is 1. The van der Waals surface area contributed by atoms with Crippen molar-refractivity contribution in [2.24, 2.45) is 5.41 Å². The monoisotopic (exact) mass is 609 g/mol. The standard InChI is InChI=1S/C29H32ClN7O2S2/c1-28(2,3)41(39)36-24-18-7-5-4-6-17(18)14-29(24)10-12-37(13-11-29)21-15-32-27(25(31)35-21)40-20-9-8-19-22(23(20)30)26(38)34-16-33-19/h4-9,15-16,24,36H,10-14H2,1-3H3,(H2,31,35)(H,33,34,38)/t24-,41-/m1/s1. The smallest absolute Gasteiger partial charge is 0.260 e. The lowest BCUT2D eigenvalue weighted by molar-refractivity contribution is 0.176. The number of fused-ring (bicyclic) bond motifs is 2. The molecule has 2 aromatic carbocycles. The van der Waals surface area contributed by atoms with Gasteiger partial charge in [0.1, 0.15) is 15.6 Å². The molecule has 2 aromatic heterocycles. The quantitative estimate of drug-likeness (QED) is 0.266. The zero-order valence-electron chi connectivity index (χ0n) is 23.1. The van der Waals surface area contributed by atoms with Crippen LogP contribution in [0.1, 0.15) is 50.8 Å². The number of nitrogens with one attached hydrogen (secondary N) is 2. The molecule has 41 heavy (non-hydrogen) atoms. The highest BCUT2D eigenvalue weighted by atomic mass is 35.5. The molecule has 0 bridgehead atoms. The Balaban J connectivity index is 1.19. The van der Waals surface area contributed by atoms with Crippen molar-refractivity contribution in [2.45, 2.75) is 60.7 Å². The van der Waals surface area contributed by atoms with Gasteiger partial charge in [-0.1, -0.05) is 47.6 Å². The third kappa shape index (κ3) is 5.30. The fourth-order valence-electron chi connectivity index (χ4n) is 5.81. The minimum Gasteiger partial charge on any atom is -0.598 e. The maximum atomic E-state index is 13.2. The van der Waals surface area contributed by atoms with Gasteiger partial charge in [-0.2, -0.15) is 0 Å². The first kappa shape index (κ1) is 28.3. The fourth-order valence-corrected chi connectivity index (χ4v) is 7.90. The number of aromatic nitrogens is 4. The topological polar surface area (TPSA) is 136 Å². The van der Waals surface area contributed by atoms with E-state index in [0.717, 1.165) is 38.2 Å². The minimum absolute atomic E-state index is 0.0185. The van der Waals surface area contributed by atoms with E-state index in [1.165, 1.54) is 29.2 Å². The molecule has 1 fully saturated rings. The summed E-state index contributed by atoms with van der Waals surface area (Å²) in [6.45, 7) is 7.59. The molecule has 12 heteroatoms. The van der Waals surface area contributed by atoms with Crippen LogP contribution in [0.3, 0.4) is 0 Å². The number of halogens is 1. The molecular weight excluding hydrogens is 578 g/mol. The summed E-state index contributed by atoms with van der Waals surface area (Å²) in [4.78, 5) is 31.2. The second-order valence-corrected chi connectivity index (χ2v) is 15.1. The van der Waals surface area contributed by atoms with Gasteiger partial charge < -0.3 is 20.2 Å². The van der Waals surface area contributed by atoms with Gasteiger partial charge in [-0.25, -0.2) is 15.0 Å². The summed E-state index contributed by atoms with van der Waals surface area (Å²) in [7, 11) is 0. The van der Waals surface area contributed by atoms with Crippen molar-refractivity contribution in [1.29, 1.82) is 0 Å². The maximum Gasteiger partial charge on any atom is 0.260 e. The first-order valence-corrected chi connectivity index (χ1v) is 15.9. The van der Waals surface area contributed by atoms with E-state index in [9.17, 15) is 9.35 Å². The third-order valence-electron chi connectivity index (χ3n) is 8.05. The number of nitrogens with zero attached hydrogens (tertiary/aromatic N) is 4. The number of hydrogen-bond acceptors (Lipinski definition) is 9. The number of anilines is 2.